The van der Waals surface area contributed by atoms with Crippen LogP contribution in [0, 0.1) is 0 Å². The molecule has 1 heterocycles. The molecule has 1 aliphatic rings. The van der Waals surface area contributed by atoms with Crippen LogP contribution in [0.1, 0.15) is 18.1 Å². The minimum absolute atomic E-state index is 0.445. The van der Waals surface area contributed by atoms with Crippen molar-refractivity contribution in [2.45, 2.75) is 25.9 Å². The van der Waals surface area contributed by atoms with Gasteiger partial charge in [-0.05, 0) is 30.5 Å². The van der Waals surface area contributed by atoms with Gasteiger partial charge in [-0.25, -0.2) is 0 Å². The van der Waals surface area contributed by atoms with E-state index in [0.29, 0.717) is 11.8 Å². The fourth-order valence-corrected chi connectivity index (χ4v) is 1.68. The summed E-state index contributed by atoms with van der Waals surface area (Å²) in [5, 5.41) is 12.9. The second-order valence-corrected chi connectivity index (χ2v) is 3.40. The third-order valence-electron chi connectivity index (χ3n) is 2.40. The quantitative estimate of drug-likeness (QED) is 0.606. The molecule has 2 heteroatoms. The Kier molecular flexibility index (Phi) is 1.77. The number of hydrogen-bond acceptors (Lipinski definition) is 2. The van der Waals surface area contributed by atoms with Gasteiger partial charge < -0.3 is 10.4 Å². The molecule has 0 bridgehead atoms. The van der Waals surface area contributed by atoms with Crippen molar-refractivity contribution in [1.29, 1.82) is 0 Å². The topological polar surface area (TPSA) is 32.3 Å². The summed E-state index contributed by atoms with van der Waals surface area (Å²) >= 11 is 0. The molecule has 2 N–H and O–H groups in total. The third-order valence-corrected chi connectivity index (χ3v) is 2.40. The van der Waals surface area contributed by atoms with Crippen LogP contribution in [0.4, 0.5) is 0 Å². The van der Waals surface area contributed by atoms with Crippen LogP contribution in [-0.4, -0.2) is 11.1 Å². The highest BCUT2D eigenvalue weighted by Gasteiger charge is 2.16. The van der Waals surface area contributed by atoms with E-state index in [2.05, 4.69) is 18.3 Å². The highest BCUT2D eigenvalue weighted by Crippen LogP contribution is 2.25. The molecule has 0 saturated heterocycles. The zero-order valence-electron chi connectivity index (χ0n) is 7.17. The minimum Gasteiger partial charge on any atom is -0.508 e. The lowest BCUT2D eigenvalue weighted by Crippen LogP contribution is -2.32. The van der Waals surface area contributed by atoms with E-state index >= 15 is 0 Å². The Hall–Kier alpha value is -1.02. The summed E-state index contributed by atoms with van der Waals surface area (Å²) in [7, 11) is 0. The van der Waals surface area contributed by atoms with Gasteiger partial charge in [-0.1, -0.05) is 12.1 Å². The van der Waals surface area contributed by atoms with Gasteiger partial charge in [-0.2, -0.15) is 0 Å². The average Bonchev–Trinajstić information content (AvgIpc) is 2.07. The normalized spacial score (nSPS) is 21.9. The molecule has 0 amide bonds. The van der Waals surface area contributed by atoms with Crippen LogP contribution in [-0.2, 0) is 13.0 Å². The molecule has 1 aliphatic heterocycles. The molecule has 0 spiro atoms. The van der Waals surface area contributed by atoms with E-state index in [1.807, 2.05) is 6.07 Å². The van der Waals surface area contributed by atoms with E-state index in [9.17, 15) is 5.11 Å². The number of phenolic OH excluding ortho intramolecular Hbond substituents is 1. The first-order chi connectivity index (χ1) is 5.77. The van der Waals surface area contributed by atoms with E-state index in [4.69, 9.17) is 0 Å². The van der Waals surface area contributed by atoms with Gasteiger partial charge in [0.25, 0.3) is 0 Å². The van der Waals surface area contributed by atoms with Crippen molar-refractivity contribution >= 4 is 0 Å². The Bertz CT molecular complexity index is 296. The van der Waals surface area contributed by atoms with Crippen LogP contribution in [0.25, 0.3) is 0 Å². The minimum atomic E-state index is 0.445. The van der Waals surface area contributed by atoms with Crippen molar-refractivity contribution in [2.75, 3.05) is 0 Å². The maximum atomic E-state index is 9.55. The number of phenols is 1. The second-order valence-electron chi connectivity index (χ2n) is 3.40. The molecule has 0 fully saturated rings. The van der Waals surface area contributed by atoms with Crippen molar-refractivity contribution in [3.05, 3.63) is 29.3 Å². The van der Waals surface area contributed by atoms with Gasteiger partial charge in [-0.15, -0.1) is 0 Å². The maximum Gasteiger partial charge on any atom is 0.119 e. The summed E-state index contributed by atoms with van der Waals surface area (Å²) in [6.45, 7) is 3.01. The molecule has 0 aromatic heterocycles. The van der Waals surface area contributed by atoms with Crippen LogP contribution in [0.2, 0.25) is 0 Å². The lowest BCUT2D eigenvalue weighted by Gasteiger charge is -2.23. The van der Waals surface area contributed by atoms with Crippen molar-refractivity contribution in [2.24, 2.45) is 0 Å². The van der Waals surface area contributed by atoms with Gasteiger partial charge in [0.05, 0.1) is 0 Å². The Morgan fingerprint density at radius 3 is 3.17 bits per heavy atom. The summed E-state index contributed by atoms with van der Waals surface area (Å²) in [5.74, 6) is 0.445. The summed E-state index contributed by atoms with van der Waals surface area (Å²) in [4.78, 5) is 0. The van der Waals surface area contributed by atoms with Gasteiger partial charge >= 0.3 is 0 Å². The van der Waals surface area contributed by atoms with E-state index < -0.39 is 0 Å². The predicted molar refractivity (Wildman–Crippen MR) is 48.1 cm³/mol. The van der Waals surface area contributed by atoms with Gasteiger partial charge in [0, 0.05) is 12.6 Å². The molecule has 0 unspecified atom stereocenters. The maximum absolute atomic E-state index is 9.55. The van der Waals surface area contributed by atoms with Gasteiger partial charge in [-0.3, -0.25) is 0 Å². The Morgan fingerprint density at radius 1 is 1.50 bits per heavy atom. The molecule has 0 saturated carbocycles. The van der Waals surface area contributed by atoms with Crippen LogP contribution in [0.5, 0.6) is 5.75 Å². The first-order valence-corrected chi connectivity index (χ1v) is 4.30. The summed E-state index contributed by atoms with van der Waals surface area (Å²) in [5.41, 5.74) is 2.34. The number of hydrogen-bond donors (Lipinski definition) is 2. The van der Waals surface area contributed by atoms with E-state index in [-0.39, 0.29) is 0 Å². The lowest BCUT2D eigenvalue weighted by atomic mass is 9.96. The number of nitrogens with one attached hydrogen (secondary N) is 1. The summed E-state index contributed by atoms with van der Waals surface area (Å²) in [6, 6.07) is 6.20. The van der Waals surface area contributed by atoms with Crippen molar-refractivity contribution in [3.63, 3.8) is 0 Å². The molecule has 64 valence electrons. The monoisotopic (exact) mass is 163 g/mol. The first-order valence-electron chi connectivity index (χ1n) is 4.30. The molecular weight excluding hydrogens is 150 g/mol. The lowest BCUT2D eigenvalue weighted by molar-refractivity contribution is 0.445. The smallest absolute Gasteiger partial charge is 0.119 e. The average molecular weight is 163 g/mol. The number of benzene rings is 1. The van der Waals surface area contributed by atoms with Crippen LogP contribution in [0.3, 0.4) is 0 Å². The number of fused-ring (bicyclic) bond motifs is 1. The number of aromatic hydroxyl groups is 1. The zero-order valence-corrected chi connectivity index (χ0v) is 7.17. The molecule has 1 aromatic rings. The van der Waals surface area contributed by atoms with E-state index in [1.54, 1.807) is 6.07 Å². The first kappa shape index (κ1) is 7.62. The zero-order chi connectivity index (χ0) is 8.55. The van der Waals surface area contributed by atoms with Crippen LogP contribution < -0.4 is 5.32 Å². The second kappa shape index (κ2) is 2.79. The molecule has 0 aliphatic carbocycles. The highest BCUT2D eigenvalue weighted by atomic mass is 16.3. The Balaban J connectivity index is 2.43. The standard InChI is InChI=1S/C10H13NO/c1-7-5-9-8(6-11-7)3-2-4-10(9)12/h2-4,7,11-12H,5-6H2,1H3/t7-/m1/s1. The molecule has 1 aromatic carbocycles. The third kappa shape index (κ3) is 1.18. The summed E-state index contributed by atoms with van der Waals surface area (Å²) < 4.78 is 0. The largest absolute Gasteiger partial charge is 0.508 e. The van der Waals surface area contributed by atoms with Gasteiger partial charge in [0.2, 0.25) is 0 Å². The molecule has 12 heavy (non-hydrogen) atoms. The fourth-order valence-electron chi connectivity index (χ4n) is 1.68. The van der Waals surface area contributed by atoms with Crippen LogP contribution >= 0.6 is 0 Å². The molecule has 0 radical (unpaired) electrons. The Labute approximate surface area is 72.2 Å². The summed E-state index contributed by atoms with van der Waals surface area (Å²) in [6.07, 6.45) is 0.933. The van der Waals surface area contributed by atoms with Crippen LogP contribution in [0.15, 0.2) is 18.2 Å². The van der Waals surface area contributed by atoms with Gasteiger partial charge in [0.15, 0.2) is 0 Å². The Morgan fingerprint density at radius 2 is 2.33 bits per heavy atom. The molecule has 2 rings (SSSR count). The van der Waals surface area contributed by atoms with Crippen molar-refractivity contribution in [1.82, 2.24) is 5.32 Å². The van der Waals surface area contributed by atoms with E-state index in [1.165, 1.54) is 5.56 Å². The number of rotatable bonds is 0. The van der Waals surface area contributed by atoms with Crippen molar-refractivity contribution < 1.29 is 5.11 Å². The predicted octanol–water partition coefficient (Wildman–Crippen LogP) is 1.43. The SMILES string of the molecule is C[C@@H]1Cc2c(O)cccc2CN1. The highest BCUT2D eigenvalue weighted by molar-refractivity contribution is 5.41. The van der Waals surface area contributed by atoms with Crippen molar-refractivity contribution in [3.8, 4) is 5.75 Å². The van der Waals surface area contributed by atoms with E-state index in [0.717, 1.165) is 18.5 Å². The van der Waals surface area contributed by atoms with Gasteiger partial charge in [0.1, 0.15) is 5.75 Å². The molecule has 1 atom stereocenters. The molecular formula is C10H13NO. The fraction of sp³-hybridized carbons (Fsp3) is 0.400. The molecule has 2 nitrogen and oxygen atoms in total.